The zero-order valence-electron chi connectivity index (χ0n) is 15.1. The van der Waals surface area contributed by atoms with Crippen LogP contribution in [0.1, 0.15) is 28.8 Å². The molecule has 0 radical (unpaired) electrons. The molecular weight excluding hydrogens is 330 g/mol. The van der Waals surface area contributed by atoms with Gasteiger partial charge < -0.3 is 15.4 Å². The Labute approximate surface area is 153 Å². The maximum absolute atomic E-state index is 12.7. The SMILES string of the molecule is COc1cc(C)c(-c2ccc(C(=O)N3CCCC(C(N)=O)C3)cc2)cn1. The Morgan fingerprint density at radius 3 is 2.62 bits per heavy atom. The third-order valence-electron chi connectivity index (χ3n) is 4.85. The molecule has 26 heavy (non-hydrogen) atoms. The first-order valence-corrected chi connectivity index (χ1v) is 8.69. The van der Waals surface area contributed by atoms with Crippen molar-refractivity contribution in [3.63, 3.8) is 0 Å². The maximum Gasteiger partial charge on any atom is 0.253 e. The lowest BCUT2D eigenvalue weighted by molar-refractivity contribution is -0.123. The van der Waals surface area contributed by atoms with E-state index >= 15 is 0 Å². The second-order valence-corrected chi connectivity index (χ2v) is 6.61. The highest BCUT2D eigenvalue weighted by atomic mass is 16.5. The van der Waals surface area contributed by atoms with E-state index < -0.39 is 0 Å². The van der Waals surface area contributed by atoms with Gasteiger partial charge in [0.2, 0.25) is 11.8 Å². The first kappa shape index (κ1) is 17.9. The molecule has 1 aromatic carbocycles. The molecule has 0 aliphatic carbocycles. The molecular formula is C20H23N3O3. The summed E-state index contributed by atoms with van der Waals surface area (Å²) in [6.45, 7) is 3.06. The fourth-order valence-electron chi connectivity index (χ4n) is 3.31. The van der Waals surface area contributed by atoms with Gasteiger partial charge in [-0.15, -0.1) is 0 Å². The Morgan fingerprint density at radius 2 is 2.00 bits per heavy atom. The average Bonchev–Trinajstić information content (AvgIpc) is 2.67. The summed E-state index contributed by atoms with van der Waals surface area (Å²) in [4.78, 5) is 30.1. The Bertz CT molecular complexity index is 818. The number of piperidine rings is 1. The summed E-state index contributed by atoms with van der Waals surface area (Å²) < 4.78 is 5.13. The molecule has 136 valence electrons. The molecule has 2 aromatic rings. The van der Waals surface area contributed by atoms with Crippen LogP contribution in [0.4, 0.5) is 0 Å². The Kier molecular flexibility index (Phi) is 5.21. The van der Waals surface area contributed by atoms with Crippen LogP contribution in [0.5, 0.6) is 5.88 Å². The van der Waals surface area contributed by atoms with Gasteiger partial charge in [-0.05, 0) is 43.0 Å². The van der Waals surface area contributed by atoms with Crippen molar-refractivity contribution >= 4 is 11.8 Å². The number of methoxy groups -OCH3 is 1. The van der Waals surface area contributed by atoms with Crippen molar-refractivity contribution < 1.29 is 14.3 Å². The summed E-state index contributed by atoms with van der Waals surface area (Å²) >= 11 is 0. The molecule has 3 rings (SSSR count). The highest BCUT2D eigenvalue weighted by Gasteiger charge is 2.27. The van der Waals surface area contributed by atoms with Crippen LogP contribution in [0.2, 0.25) is 0 Å². The van der Waals surface area contributed by atoms with E-state index in [4.69, 9.17) is 10.5 Å². The molecule has 2 amide bonds. The average molecular weight is 353 g/mol. The summed E-state index contributed by atoms with van der Waals surface area (Å²) in [5, 5.41) is 0. The van der Waals surface area contributed by atoms with Gasteiger partial charge in [-0.2, -0.15) is 0 Å². The second-order valence-electron chi connectivity index (χ2n) is 6.61. The predicted octanol–water partition coefficient (Wildman–Crippen LogP) is 2.40. The van der Waals surface area contributed by atoms with E-state index in [0.29, 0.717) is 24.5 Å². The largest absolute Gasteiger partial charge is 0.481 e. The first-order chi connectivity index (χ1) is 12.5. The lowest BCUT2D eigenvalue weighted by Crippen LogP contribution is -2.44. The number of primary amides is 1. The number of likely N-dealkylation sites (tertiary alicyclic amines) is 1. The second kappa shape index (κ2) is 7.56. The number of aromatic nitrogens is 1. The van der Waals surface area contributed by atoms with E-state index in [2.05, 4.69) is 4.98 Å². The number of pyridine rings is 1. The smallest absolute Gasteiger partial charge is 0.253 e. The lowest BCUT2D eigenvalue weighted by atomic mass is 9.96. The van der Waals surface area contributed by atoms with Gasteiger partial charge >= 0.3 is 0 Å². The highest BCUT2D eigenvalue weighted by Crippen LogP contribution is 2.26. The molecule has 1 aliphatic heterocycles. The number of benzene rings is 1. The number of ether oxygens (including phenoxy) is 1. The first-order valence-electron chi connectivity index (χ1n) is 8.69. The summed E-state index contributed by atoms with van der Waals surface area (Å²) in [6, 6.07) is 9.34. The molecule has 6 nitrogen and oxygen atoms in total. The predicted molar refractivity (Wildman–Crippen MR) is 98.8 cm³/mol. The summed E-state index contributed by atoms with van der Waals surface area (Å²) in [6.07, 6.45) is 3.32. The van der Waals surface area contributed by atoms with Crippen LogP contribution in [0, 0.1) is 12.8 Å². The van der Waals surface area contributed by atoms with E-state index in [1.807, 2.05) is 37.3 Å². The number of nitrogens with two attached hydrogens (primary N) is 1. The van der Waals surface area contributed by atoms with Gasteiger partial charge in [0.05, 0.1) is 13.0 Å². The highest BCUT2D eigenvalue weighted by molar-refractivity contribution is 5.95. The van der Waals surface area contributed by atoms with Crippen LogP contribution in [-0.2, 0) is 4.79 Å². The van der Waals surface area contributed by atoms with Crippen molar-refractivity contribution in [2.75, 3.05) is 20.2 Å². The minimum Gasteiger partial charge on any atom is -0.481 e. The Morgan fingerprint density at radius 1 is 1.27 bits per heavy atom. The van der Waals surface area contributed by atoms with Gasteiger partial charge in [0.25, 0.3) is 5.91 Å². The normalized spacial score (nSPS) is 17.0. The zero-order chi connectivity index (χ0) is 18.7. The Hall–Kier alpha value is -2.89. The molecule has 1 unspecified atom stereocenters. The fraction of sp³-hybridized carbons (Fsp3) is 0.350. The van der Waals surface area contributed by atoms with E-state index in [1.54, 1.807) is 18.2 Å². The van der Waals surface area contributed by atoms with E-state index in [1.165, 1.54) is 0 Å². The standard InChI is InChI=1S/C20H23N3O3/c1-13-10-18(26-2)22-11-17(13)14-5-7-15(8-6-14)20(25)23-9-3-4-16(12-23)19(21)24/h5-8,10-11,16H,3-4,9,12H2,1-2H3,(H2,21,24). The molecule has 0 spiro atoms. The van der Waals surface area contributed by atoms with Gasteiger partial charge in [0.15, 0.2) is 0 Å². The van der Waals surface area contributed by atoms with E-state index in [0.717, 1.165) is 29.5 Å². The number of carbonyl (C=O) groups excluding carboxylic acids is 2. The van der Waals surface area contributed by atoms with Crippen LogP contribution in [0.15, 0.2) is 36.5 Å². The number of rotatable bonds is 4. The van der Waals surface area contributed by atoms with Crippen LogP contribution in [0.25, 0.3) is 11.1 Å². The van der Waals surface area contributed by atoms with Crippen LogP contribution >= 0.6 is 0 Å². The quantitative estimate of drug-likeness (QED) is 0.914. The zero-order valence-corrected chi connectivity index (χ0v) is 15.1. The van der Waals surface area contributed by atoms with Gasteiger partial charge in [-0.25, -0.2) is 4.98 Å². The van der Waals surface area contributed by atoms with Gasteiger partial charge in [0.1, 0.15) is 0 Å². The van der Waals surface area contributed by atoms with Crippen molar-refractivity contribution in [2.24, 2.45) is 11.7 Å². The van der Waals surface area contributed by atoms with Crippen molar-refractivity contribution in [3.05, 3.63) is 47.7 Å². The molecule has 1 atom stereocenters. The number of amides is 2. The third-order valence-corrected chi connectivity index (χ3v) is 4.85. The number of hydrogen-bond donors (Lipinski definition) is 1. The molecule has 2 heterocycles. The van der Waals surface area contributed by atoms with Crippen LogP contribution in [0.3, 0.4) is 0 Å². The fourth-order valence-corrected chi connectivity index (χ4v) is 3.31. The molecule has 1 aromatic heterocycles. The summed E-state index contributed by atoms with van der Waals surface area (Å²) in [5.41, 5.74) is 9.04. The number of aryl methyl sites for hydroxylation is 1. The van der Waals surface area contributed by atoms with Crippen molar-refractivity contribution in [2.45, 2.75) is 19.8 Å². The third kappa shape index (κ3) is 3.69. The molecule has 6 heteroatoms. The maximum atomic E-state index is 12.7. The number of hydrogen-bond acceptors (Lipinski definition) is 4. The molecule has 0 bridgehead atoms. The van der Waals surface area contributed by atoms with Crippen molar-refractivity contribution in [3.8, 4) is 17.0 Å². The minimum atomic E-state index is -0.333. The molecule has 1 aliphatic rings. The Balaban J connectivity index is 1.77. The van der Waals surface area contributed by atoms with Gasteiger partial charge in [0, 0.05) is 36.5 Å². The van der Waals surface area contributed by atoms with Crippen molar-refractivity contribution in [1.29, 1.82) is 0 Å². The monoisotopic (exact) mass is 353 g/mol. The van der Waals surface area contributed by atoms with E-state index in [9.17, 15) is 9.59 Å². The molecule has 1 fully saturated rings. The van der Waals surface area contributed by atoms with Crippen LogP contribution in [-0.4, -0.2) is 41.9 Å². The minimum absolute atomic E-state index is 0.0629. The van der Waals surface area contributed by atoms with Gasteiger partial charge in [-0.3, -0.25) is 9.59 Å². The summed E-state index contributed by atoms with van der Waals surface area (Å²) in [5.74, 6) is -0.0699. The van der Waals surface area contributed by atoms with E-state index in [-0.39, 0.29) is 17.7 Å². The molecule has 2 N–H and O–H groups in total. The lowest BCUT2D eigenvalue weighted by Gasteiger charge is -2.31. The number of carbonyl (C=O) groups is 2. The summed E-state index contributed by atoms with van der Waals surface area (Å²) in [7, 11) is 1.59. The molecule has 0 saturated carbocycles. The van der Waals surface area contributed by atoms with Gasteiger partial charge in [-0.1, -0.05) is 12.1 Å². The van der Waals surface area contributed by atoms with Crippen molar-refractivity contribution in [1.82, 2.24) is 9.88 Å². The number of nitrogens with zero attached hydrogens (tertiary/aromatic N) is 2. The topological polar surface area (TPSA) is 85.5 Å². The molecule has 1 saturated heterocycles. The van der Waals surface area contributed by atoms with Crippen LogP contribution < -0.4 is 10.5 Å².